The molecule has 0 aliphatic heterocycles. The molecule has 3 rings (SSSR count). The highest BCUT2D eigenvalue weighted by Crippen LogP contribution is 2.35. The van der Waals surface area contributed by atoms with E-state index in [2.05, 4.69) is 16.4 Å². The Morgan fingerprint density at radius 2 is 2.18 bits per heavy atom. The monoisotopic (exact) mass is 297 g/mol. The van der Waals surface area contributed by atoms with E-state index in [0.717, 1.165) is 48.3 Å². The standard InChI is InChI=1S/C17H19N3O2/c1-21-10-8-19-17-14(11-18)12-5-2-3-6-13(12)16(20-17)15-7-4-9-22-15/h4,7,9H,2-3,5-6,8,10H2,1H3,(H,19,20). The quantitative estimate of drug-likeness (QED) is 0.858. The van der Waals surface area contributed by atoms with Crippen LogP contribution in [0.15, 0.2) is 22.8 Å². The molecule has 0 spiro atoms. The summed E-state index contributed by atoms with van der Waals surface area (Å²) in [6.07, 6.45) is 5.77. The number of nitriles is 1. The second kappa shape index (κ2) is 6.63. The maximum Gasteiger partial charge on any atom is 0.152 e. The largest absolute Gasteiger partial charge is 0.463 e. The van der Waals surface area contributed by atoms with Crippen molar-refractivity contribution in [1.29, 1.82) is 5.26 Å². The molecule has 114 valence electrons. The summed E-state index contributed by atoms with van der Waals surface area (Å²) in [5.74, 6) is 1.39. The zero-order valence-corrected chi connectivity index (χ0v) is 12.7. The summed E-state index contributed by atoms with van der Waals surface area (Å²) in [7, 11) is 1.65. The van der Waals surface area contributed by atoms with Crippen LogP contribution in [0.1, 0.15) is 29.5 Å². The van der Waals surface area contributed by atoms with Gasteiger partial charge in [-0.25, -0.2) is 4.98 Å². The second-order valence-corrected chi connectivity index (χ2v) is 5.36. The number of furan rings is 1. The summed E-state index contributed by atoms with van der Waals surface area (Å²) in [4.78, 5) is 4.69. The summed E-state index contributed by atoms with van der Waals surface area (Å²) in [5, 5.41) is 12.8. The van der Waals surface area contributed by atoms with Gasteiger partial charge in [0.15, 0.2) is 5.76 Å². The molecule has 2 aromatic heterocycles. The Hall–Kier alpha value is -2.32. The first-order valence-corrected chi connectivity index (χ1v) is 7.57. The number of methoxy groups -OCH3 is 1. The Labute approximate surface area is 129 Å². The first-order valence-electron chi connectivity index (χ1n) is 7.57. The number of rotatable bonds is 5. The number of aromatic nitrogens is 1. The van der Waals surface area contributed by atoms with Gasteiger partial charge in [0.1, 0.15) is 17.6 Å². The van der Waals surface area contributed by atoms with Crippen molar-refractivity contribution in [3.8, 4) is 17.5 Å². The van der Waals surface area contributed by atoms with Gasteiger partial charge in [0.05, 0.1) is 18.4 Å². The predicted octanol–water partition coefficient (Wildman–Crippen LogP) is 3.15. The van der Waals surface area contributed by atoms with Crippen LogP contribution in [0.3, 0.4) is 0 Å². The molecule has 0 aromatic carbocycles. The lowest BCUT2D eigenvalue weighted by atomic mass is 9.87. The molecule has 1 aliphatic carbocycles. The van der Waals surface area contributed by atoms with E-state index in [9.17, 15) is 5.26 Å². The highest BCUT2D eigenvalue weighted by molar-refractivity contribution is 5.69. The number of anilines is 1. The number of hydrogen-bond donors (Lipinski definition) is 1. The number of fused-ring (bicyclic) bond motifs is 1. The molecule has 0 atom stereocenters. The maximum atomic E-state index is 9.57. The van der Waals surface area contributed by atoms with Crippen molar-refractivity contribution >= 4 is 5.82 Å². The van der Waals surface area contributed by atoms with Crippen molar-refractivity contribution in [2.75, 3.05) is 25.6 Å². The lowest BCUT2D eigenvalue weighted by molar-refractivity contribution is 0.210. The molecule has 0 amide bonds. The van der Waals surface area contributed by atoms with Crippen LogP contribution in [0.5, 0.6) is 0 Å². The third kappa shape index (κ3) is 2.70. The lowest BCUT2D eigenvalue weighted by Crippen LogP contribution is -2.15. The Kier molecular flexibility index (Phi) is 4.40. The van der Waals surface area contributed by atoms with Crippen molar-refractivity contribution in [3.05, 3.63) is 35.1 Å². The molecule has 22 heavy (non-hydrogen) atoms. The van der Waals surface area contributed by atoms with Gasteiger partial charge in [-0.15, -0.1) is 0 Å². The minimum Gasteiger partial charge on any atom is -0.463 e. The van der Waals surface area contributed by atoms with E-state index in [4.69, 9.17) is 9.15 Å². The number of nitrogens with zero attached hydrogens (tertiary/aromatic N) is 2. The molecule has 0 unspecified atom stereocenters. The van der Waals surface area contributed by atoms with Gasteiger partial charge in [-0.05, 0) is 48.9 Å². The Balaban J connectivity index is 2.10. The van der Waals surface area contributed by atoms with Crippen LogP contribution in [-0.2, 0) is 17.6 Å². The fraction of sp³-hybridized carbons (Fsp3) is 0.412. The van der Waals surface area contributed by atoms with Gasteiger partial charge in [-0.1, -0.05) is 0 Å². The van der Waals surface area contributed by atoms with Crippen LogP contribution in [-0.4, -0.2) is 25.2 Å². The molecular formula is C17H19N3O2. The van der Waals surface area contributed by atoms with E-state index < -0.39 is 0 Å². The molecule has 2 aromatic rings. The molecule has 5 heteroatoms. The van der Waals surface area contributed by atoms with Crippen molar-refractivity contribution in [1.82, 2.24) is 4.98 Å². The molecule has 0 saturated heterocycles. The average molecular weight is 297 g/mol. The van der Waals surface area contributed by atoms with Crippen LogP contribution < -0.4 is 5.32 Å². The fourth-order valence-electron chi connectivity index (χ4n) is 2.96. The van der Waals surface area contributed by atoms with Gasteiger partial charge >= 0.3 is 0 Å². The highest BCUT2D eigenvalue weighted by Gasteiger charge is 2.23. The topological polar surface area (TPSA) is 71.1 Å². The van der Waals surface area contributed by atoms with Gasteiger partial charge in [0.25, 0.3) is 0 Å². The van der Waals surface area contributed by atoms with Gasteiger partial charge in [-0.2, -0.15) is 5.26 Å². The molecule has 1 aliphatic rings. The van der Waals surface area contributed by atoms with Crippen molar-refractivity contribution in [3.63, 3.8) is 0 Å². The summed E-state index contributed by atoms with van der Waals surface area (Å²) >= 11 is 0. The van der Waals surface area contributed by atoms with Crippen LogP contribution in [0.25, 0.3) is 11.5 Å². The number of hydrogen-bond acceptors (Lipinski definition) is 5. The molecule has 0 saturated carbocycles. The van der Waals surface area contributed by atoms with E-state index in [0.29, 0.717) is 24.5 Å². The third-order valence-electron chi connectivity index (χ3n) is 3.98. The third-order valence-corrected chi connectivity index (χ3v) is 3.98. The van der Waals surface area contributed by atoms with E-state index in [1.165, 1.54) is 0 Å². The average Bonchev–Trinajstić information content (AvgIpc) is 3.08. The predicted molar refractivity (Wildman–Crippen MR) is 83.7 cm³/mol. The minimum absolute atomic E-state index is 0.569. The Morgan fingerprint density at radius 3 is 2.86 bits per heavy atom. The molecule has 5 nitrogen and oxygen atoms in total. The number of nitrogens with one attached hydrogen (secondary N) is 1. The van der Waals surface area contributed by atoms with Crippen LogP contribution in [0.2, 0.25) is 0 Å². The van der Waals surface area contributed by atoms with Crippen molar-refractivity contribution < 1.29 is 9.15 Å². The summed E-state index contributed by atoms with van der Waals surface area (Å²) in [6, 6.07) is 6.11. The Morgan fingerprint density at radius 1 is 1.36 bits per heavy atom. The molecular weight excluding hydrogens is 278 g/mol. The van der Waals surface area contributed by atoms with Gasteiger partial charge in [0, 0.05) is 13.7 Å². The molecule has 0 bridgehead atoms. The molecule has 1 N–H and O–H groups in total. The van der Waals surface area contributed by atoms with E-state index in [1.54, 1.807) is 13.4 Å². The second-order valence-electron chi connectivity index (χ2n) is 5.36. The smallest absolute Gasteiger partial charge is 0.152 e. The zero-order chi connectivity index (χ0) is 15.4. The zero-order valence-electron chi connectivity index (χ0n) is 12.7. The van der Waals surface area contributed by atoms with Gasteiger partial charge in [-0.3, -0.25) is 0 Å². The van der Waals surface area contributed by atoms with Crippen LogP contribution in [0, 0.1) is 11.3 Å². The van der Waals surface area contributed by atoms with E-state index in [1.807, 2.05) is 12.1 Å². The maximum absolute atomic E-state index is 9.57. The van der Waals surface area contributed by atoms with Crippen LogP contribution in [0.4, 0.5) is 5.82 Å². The van der Waals surface area contributed by atoms with Crippen LogP contribution >= 0.6 is 0 Å². The first-order chi connectivity index (χ1) is 10.8. The van der Waals surface area contributed by atoms with Crippen molar-refractivity contribution in [2.24, 2.45) is 0 Å². The number of ether oxygens (including phenoxy) is 1. The Bertz CT molecular complexity index is 687. The van der Waals surface area contributed by atoms with Crippen molar-refractivity contribution in [2.45, 2.75) is 25.7 Å². The number of pyridine rings is 1. The van der Waals surface area contributed by atoms with E-state index >= 15 is 0 Å². The fourth-order valence-corrected chi connectivity index (χ4v) is 2.96. The van der Waals surface area contributed by atoms with Gasteiger partial charge in [0.2, 0.25) is 0 Å². The normalized spacial score (nSPS) is 13.5. The molecule has 0 fully saturated rings. The summed E-state index contributed by atoms with van der Waals surface area (Å²) in [5.41, 5.74) is 3.81. The first kappa shape index (κ1) is 14.6. The SMILES string of the molecule is COCCNc1nc(-c2ccco2)c2c(c1C#N)CCCC2. The van der Waals surface area contributed by atoms with E-state index in [-0.39, 0.29) is 0 Å². The van der Waals surface area contributed by atoms with Gasteiger partial charge < -0.3 is 14.5 Å². The summed E-state index contributed by atoms with van der Waals surface area (Å²) in [6.45, 7) is 1.19. The highest BCUT2D eigenvalue weighted by atomic mass is 16.5. The molecule has 2 heterocycles. The summed E-state index contributed by atoms with van der Waals surface area (Å²) < 4.78 is 10.6. The molecule has 0 radical (unpaired) electrons. The lowest BCUT2D eigenvalue weighted by Gasteiger charge is -2.21. The minimum atomic E-state index is 0.569.